The van der Waals surface area contributed by atoms with Crippen LogP contribution in [-0.4, -0.2) is 55.9 Å². The number of benzene rings is 2. The van der Waals surface area contributed by atoms with E-state index in [0.717, 1.165) is 63.1 Å². The summed E-state index contributed by atoms with van der Waals surface area (Å²) in [5.74, 6) is 0.420. The minimum absolute atomic E-state index is 0.128. The van der Waals surface area contributed by atoms with Gasteiger partial charge in [0.2, 0.25) is 5.69 Å². The topological polar surface area (TPSA) is 44.9 Å². The van der Waals surface area contributed by atoms with Crippen LogP contribution in [0.2, 0.25) is 0 Å². The van der Waals surface area contributed by atoms with E-state index in [1.165, 1.54) is 45.0 Å². The van der Waals surface area contributed by atoms with Crippen molar-refractivity contribution in [3.8, 4) is 0 Å². The molecule has 0 saturated carbocycles. The third-order valence-corrected chi connectivity index (χ3v) is 9.71. The van der Waals surface area contributed by atoms with Crippen LogP contribution in [0.5, 0.6) is 0 Å². The maximum atomic E-state index is 11.4. The van der Waals surface area contributed by atoms with Crippen molar-refractivity contribution >= 4 is 24.9 Å². The molecular weight excluding hydrogens is 689 g/mol. The SMILES string of the molecule is COCCCN1C(=CC=C2CCC(C=CC3=[N+](CCCOC)c4ccc(C)cc4C3(C)C)=C2O)C(C)(C)c2cc(C)ccc21.F[P-](F)(F)(F)(F)F. The first-order valence-corrected chi connectivity index (χ1v) is 19.2. The van der Waals surface area contributed by atoms with Gasteiger partial charge in [-0.1, -0.05) is 49.2 Å². The molecule has 0 radical (unpaired) electrons. The van der Waals surface area contributed by atoms with Crippen LogP contribution in [0.4, 0.5) is 36.6 Å². The number of aliphatic hydroxyl groups excluding tert-OH is 1. The van der Waals surface area contributed by atoms with Crippen molar-refractivity contribution < 1.29 is 44.3 Å². The van der Waals surface area contributed by atoms with E-state index < -0.39 is 7.81 Å². The van der Waals surface area contributed by atoms with Crippen LogP contribution in [-0.2, 0) is 20.3 Å². The number of nitrogens with zero attached hydrogens (tertiary/aromatic N) is 2. The van der Waals surface area contributed by atoms with E-state index in [2.05, 4.69) is 112 Å². The summed E-state index contributed by atoms with van der Waals surface area (Å²) in [7, 11) is -7.13. The Morgan fingerprint density at radius 3 is 2.02 bits per heavy atom. The van der Waals surface area contributed by atoms with Gasteiger partial charge in [0.1, 0.15) is 5.76 Å². The van der Waals surface area contributed by atoms with Gasteiger partial charge >= 0.3 is 33.0 Å². The summed E-state index contributed by atoms with van der Waals surface area (Å²) >= 11 is 0. The molecule has 51 heavy (non-hydrogen) atoms. The molecule has 0 spiro atoms. The predicted molar refractivity (Wildman–Crippen MR) is 196 cm³/mol. The first-order chi connectivity index (χ1) is 23.4. The zero-order valence-corrected chi connectivity index (χ0v) is 31.7. The monoisotopic (exact) mass is 740 g/mol. The Morgan fingerprint density at radius 2 is 1.39 bits per heavy atom. The zero-order chi connectivity index (χ0) is 38.1. The Hall–Kier alpha value is -3.40. The second kappa shape index (κ2) is 14.2. The van der Waals surface area contributed by atoms with Crippen LogP contribution in [0.1, 0.15) is 75.6 Å². The number of aliphatic hydroxyl groups is 1. The number of fused-ring (bicyclic) bond motifs is 2. The summed E-state index contributed by atoms with van der Waals surface area (Å²) in [6, 6.07) is 13.6. The number of allylic oxidation sites excluding steroid dienone is 7. The van der Waals surface area contributed by atoms with Crippen molar-refractivity contribution in [2.75, 3.05) is 45.4 Å². The fourth-order valence-corrected chi connectivity index (χ4v) is 7.19. The molecule has 12 heteroatoms. The fraction of sp³-hybridized carbons (Fsp3) is 0.462. The molecule has 1 N–H and O–H groups in total. The number of hydrogen-bond acceptors (Lipinski definition) is 4. The average molecular weight is 741 g/mol. The third kappa shape index (κ3) is 10.1. The molecule has 3 aliphatic rings. The number of methoxy groups -OCH3 is 2. The van der Waals surface area contributed by atoms with Gasteiger partial charge in [0.05, 0.1) is 12.0 Å². The number of hydrogen-bond donors (Lipinski definition) is 1. The molecule has 0 saturated heterocycles. The van der Waals surface area contributed by atoms with Crippen molar-refractivity contribution in [3.05, 3.63) is 106 Å². The number of halogens is 6. The normalized spacial score (nSPS) is 20.9. The molecule has 2 aliphatic heterocycles. The molecule has 0 amide bonds. The summed E-state index contributed by atoms with van der Waals surface area (Å²) < 4.78 is 72.4. The van der Waals surface area contributed by atoms with Gasteiger partial charge in [-0.05, 0) is 88.0 Å². The Kier molecular flexibility index (Phi) is 11.2. The molecule has 5 rings (SSSR count). The van der Waals surface area contributed by atoms with E-state index in [-0.39, 0.29) is 10.8 Å². The van der Waals surface area contributed by atoms with E-state index in [9.17, 15) is 30.3 Å². The van der Waals surface area contributed by atoms with Gasteiger partial charge in [-0.3, -0.25) is 0 Å². The molecule has 282 valence electrons. The van der Waals surface area contributed by atoms with Gasteiger partial charge in [0.25, 0.3) is 0 Å². The van der Waals surface area contributed by atoms with Gasteiger partial charge in [-0.2, -0.15) is 4.58 Å². The van der Waals surface area contributed by atoms with Crippen LogP contribution in [0, 0.1) is 13.8 Å². The molecule has 2 aromatic carbocycles. The van der Waals surface area contributed by atoms with Crippen molar-refractivity contribution in [2.45, 2.75) is 78.1 Å². The van der Waals surface area contributed by atoms with Crippen LogP contribution < -0.4 is 4.90 Å². The standard InChI is InChI=1S/C39H50N2O3.F6P/c1-27-11-17-33-31(25-27)38(3,4)35(40(33)21-9-23-43-7)19-15-29-13-14-30(37(29)42)16-20-36-39(5,6)32-26-28(2)12-18-34(32)41(36)22-10-24-44-8;1-7(2,3,4,5)6/h11-12,15-20,25-26H,9-10,13-14,21-24H2,1-8H3;/q;-1/p+1. The van der Waals surface area contributed by atoms with Crippen LogP contribution in [0.15, 0.2) is 83.3 Å². The molecular formula is C39H51F6N2O3P. The number of rotatable bonds is 11. The fourth-order valence-electron chi connectivity index (χ4n) is 7.19. The summed E-state index contributed by atoms with van der Waals surface area (Å²) in [6.45, 7) is 16.8. The molecule has 2 heterocycles. The molecule has 1 aliphatic carbocycles. The first kappa shape index (κ1) is 40.4. The van der Waals surface area contributed by atoms with E-state index in [1.807, 2.05) is 0 Å². The average Bonchev–Trinajstić information content (AvgIpc) is 3.53. The summed E-state index contributed by atoms with van der Waals surface area (Å²) in [6.07, 6.45) is 12.4. The van der Waals surface area contributed by atoms with Gasteiger partial charge in [0, 0.05) is 68.3 Å². The van der Waals surface area contributed by atoms with Crippen LogP contribution in [0.3, 0.4) is 0 Å². The predicted octanol–water partition coefficient (Wildman–Crippen LogP) is 11.9. The van der Waals surface area contributed by atoms with E-state index in [0.29, 0.717) is 5.76 Å². The summed E-state index contributed by atoms with van der Waals surface area (Å²) in [5.41, 5.74) is 12.1. The van der Waals surface area contributed by atoms with Crippen LogP contribution >= 0.6 is 7.81 Å². The van der Waals surface area contributed by atoms with E-state index in [4.69, 9.17) is 9.47 Å². The Morgan fingerprint density at radius 1 is 0.804 bits per heavy atom. The zero-order valence-electron chi connectivity index (χ0n) is 30.8. The second-order valence-electron chi connectivity index (χ2n) is 14.6. The van der Waals surface area contributed by atoms with Gasteiger partial charge in [0.15, 0.2) is 12.3 Å². The first-order valence-electron chi connectivity index (χ1n) is 17.2. The maximum absolute atomic E-state index is 11.4. The molecule has 0 unspecified atom stereocenters. The second-order valence-corrected chi connectivity index (χ2v) is 16.5. The molecule has 5 nitrogen and oxygen atoms in total. The Balaban J connectivity index is 0.000000755. The summed E-state index contributed by atoms with van der Waals surface area (Å²) in [5, 5.41) is 11.4. The molecule has 0 aromatic heterocycles. The number of ether oxygens (including phenoxy) is 2. The molecule has 0 atom stereocenters. The van der Waals surface area contributed by atoms with Crippen LogP contribution in [0.25, 0.3) is 0 Å². The van der Waals surface area contributed by atoms with E-state index in [1.54, 1.807) is 14.2 Å². The van der Waals surface area contributed by atoms with Crippen molar-refractivity contribution in [3.63, 3.8) is 0 Å². The number of aryl methyl sites for hydroxylation is 2. The quantitative estimate of drug-likeness (QED) is 0.108. The molecule has 2 aromatic rings. The number of anilines is 1. The van der Waals surface area contributed by atoms with Gasteiger partial charge < -0.3 is 19.5 Å². The Bertz CT molecular complexity index is 1790. The third-order valence-electron chi connectivity index (χ3n) is 9.71. The molecule has 0 bridgehead atoms. The summed E-state index contributed by atoms with van der Waals surface area (Å²) in [4.78, 5) is 2.44. The van der Waals surface area contributed by atoms with Crippen molar-refractivity contribution in [2.24, 2.45) is 0 Å². The van der Waals surface area contributed by atoms with Gasteiger partial charge in [-0.25, -0.2) is 0 Å². The van der Waals surface area contributed by atoms with Crippen molar-refractivity contribution in [1.29, 1.82) is 0 Å². The van der Waals surface area contributed by atoms with E-state index >= 15 is 0 Å². The minimum atomic E-state index is -10.7. The van der Waals surface area contributed by atoms with Gasteiger partial charge in [-0.15, -0.1) is 0 Å². The van der Waals surface area contributed by atoms with Crippen molar-refractivity contribution in [1.82, 2.24) is 0 Å². The Labute approximate surface area is 297 Å². The molecule has 0 fully saturated rings.